The second kappa shape index (κ2) is 11.9. The molecule has 0 aromatic heterocycles. The quantitative estimate of drug-likeness (QED) is 0.307. The van der Waals surface area contributed by atoms with Crippen molar-refractivity contribution in [3.05, 3.63) is 0 Å². The normalized spacial score (nSPS) is 29.9. The zero-order valence-electron chi connectivity index (χ0n) is 17.8. The summed E-state index contributed by atoms with van der Waals surface area (Å²) in [5, 5.41) is 16.2. The number of likely N-dealkylation sites (tertiary alicyclic amines) is 1. The van der Waals surface area contributed by atoms with E-state index in [0.29, 0.717) is 13.2 Å². The Morgan fingerprint density at radius 3 is 2.63 bits per heavy atom. The molecule has 6 nitrogen and oxygen atoms in total. The number of nitrogens with zero attached hydrogens (tertiary/aromatic N) is 2. The molecular weight excluding hydrogens is 340 g/mol. The highest BCUT2D eigenvalue weighted by Crippen LogP contribution is 2.32. The molecule has 2 saturated heterocycles. The van der Waals surface area contributed by atoms with E-state index in [1.807, 2.05) is 0 Å². The summed E-state index contributed by atoms with van der Waals surface area (Å²) >= 11 is 0. The maximum Gasteiger partial charge on any atom is 0.191 e. The minimum atomic E-state index is 0.0126. The van der Waals surface area contributed by atoms with Crippen molar-refractivity contribution in [2.45, 2.75) is 52.9 Å². The summed E-state index contributed by atoms with van der Waals surface area (Å²) in [6, 6.07) is 0. The maximum absolute atomic E-state index is 9.36. The van der Waals surface area contributed by atoms with Crippen molar-refractivity contribution in [2.75, 3.05) is 59.1 Å². The van der Waals surface area contributed by atoms with E-state index < -0.39 is 0 Å². The minimum absolute atomic E-state index is 0.0126. The number of unbranched alkanes of at least 4 members (excludes halogenated alkanes) is 1. The maximum atomic E-state index is 9.36. The highest BCUT2D eigenvalue weighted by molar-refractivity contribution is 5.79. The zero-order chi connectivity index (χ0) is 19.5. The Hall–Kier alpha value is -0.850. The lowest BCUT2D eigenvalue weighted by atomic mass is 9.84. The first-order chi connectivity index (χ1) is 13.1. The Kier molecular flexibility index (Phi) is 9.87. The van der Waals surface area contributed by atoms with Gasteiger partial charge in [-0.15, -0.1) is 0 Å². The van der Waals surface area contributed by atoms with E-state index in [9.17, 15) is 5.11 Å². The molecule has 158 valence electrons. The predicted molar refractivity (Wildman–Crippen MR) is 112 cm³/mol. The molecule has 2 rings (SSSR count). The number of ether oxygens (including phenoxy) is 1. The predicted octanol–water partition coefficient (Wildman–Crippen LogP) is 2.09. The molecule has 3 atom stereocenters. The summed E-state index contributed by atoms with van der Waals surface area (Å²) in [6.45, 7) is 14.8. The number of hydrogen-bond donors (Lipinski definition) is 3. The van der Waals surface area contributed by atoms with Gasteiger partial charge in [0, 0.05) is 44.8 Å². The fourth-order valence-electron chi connectivity index (χ4n) is 4.52. The summed E-state index contributed by atoms with van der Waals surface area (Å²) in [6.07, 6.45) is 5.53. The third kappa shape index (κ3) is 7.96. The summed E-state index contributed by atoms with van der Waals surface area (Å²) < 4.78 is 5.57. The molecule has 6 heteroatoms. The van der Waals surface area contributed by atoms with Gasteiger partial charge in [0.2, 0.25) is 0 Å². The Morgan fingerprint density at radius 2 is 2.00 bits per heavy atom. The van der Waals surface area contributed by atoms with Crippen molar-refractivity contribution >= 4 is 5.96 Å². The number of piperidine rings is 1. The van der Waals surface area contributed by atoms with E-state index in [2.05, 4.69) is 36.3 Å². The summed E-state index contributed by atoms with van der Waals surface area (Å²) in [5.74, 6) is 2.57. The van der Waals surface area contributed by atoms with Crippen LogP contribution in [0, 0.1) is 17.3 Å². The molecule has 2 aliphatic rings. The van der Waals surface area contributed by atoms with Crippen molar-refractivity contribution in [1.29, 1.82) is 0 Å². The number of aliphatic hydroxyl groups excluding tert-OH is 1. The van der Waals surface area contributed by atoms with E-state index in [-0.39, 0.29) is 12.0 Å². The molecule has 27 heavy (non-hydrogen) atoms. The monoisotopic (exact) mass is 382 g/mol. The van der Waals surface area contributed by atoms with Gasteiger partial charge >= 0.3 is 0 Å². The molecule has 0 radical (unpaired) electrons. The third-order valence-corrected chi connectivity index (χ3v) is 5.88. The summed E-state index contributed by atoms with van der Waals surface area (Å²) in [7, 11) is 0. The van der Waals surface area contributed by atoms with Crippen LogP contribution in [-0.4, -0.2) is 75.1 Å². The fraction of sp³-hybridized carbons (Fsp3) is 0.952. The van der Waals surface area contributed by atoms with Crippen molar-refractivity contribution in [1.82, 2.24) is 15.5 Å². The molecule has 3 N–H and O–H groups in total. The molecule has 2 aliphatic heterocycles. The van der Waals surface area contributed by atoms with Crippen LogP contribution < -0.4 is 10.6 Å². The summed E-state index contributed by atoms with van der Waals surface area (Å²) in [5.41, 5.74) is 0.0126. The Morgan fingerprint density at radius 1 is 1.22 bits per heavy atom. The van der Waals surface area contributed by atoms with Gasteiger partial charge in [0.1, 0.15) is 0 Å². The average Bonchev–Trinajstić information content (AvgIpc) is 3.07. The molecule has 0 aliphatic carbocycles. The van der Waals surface area contributed by atoms with Gasteiger partial charge in [-0.3, -0.25) is 4.99 Å². The van der Waals surface area contributed by atoms with Crippen LogP contribution in [0.5, 0.6) is 0 Å². The first kappa shape index (κ1) is 22.4. The van der Waals surface area contributed by atoms with Crippen LogP contribution in [0.1, 0.15) is 52.9 Å². The molecule has 3 unspecified atom stereocenters. The van der Waals surface area contributed by atoms with Gasteiger partial charge in [0.15, 0.2) is 5.96 Å². The Balaban J connectivity index is 1.69. The lowest BCUT2D eigenvalue weighted by Crippen LogP contribution is -2.40. The number of aliphatic hydroxyl groups is 1. The second-order valence-corrected chi connectivity index (χ2v) is 8.81. The fourth-order valence-corrected chi connectivity index (χ4v) is 4.52. The number of guanidine groups is 1. The van der Waals surface area contributed by atoms with Gasteiger partial charge in [0.25, 0.3) is 0 Å². The first-order valence-electron chi connectivity index (χ1n) is 11.0. The number of aliphatic imine (C=N–C) groups is 1. The van der Waals surface area contributed by atoms with E-state index in [0.717, 1.165) is 56.8 Å². The number of hydrogen-bond acceptors (Lipinski definition) is 4. The van der Waals surface area contributed by atoms with Crippen LogP contribution in [0.4, 0.5) is 0 Å². The van der Waals surface area contributed by atoms with Crippen LogP contribution in [0.3, 0.4) is 0 Å². The molecule has 0 spiro atoms. The van der Waals surface area contributed by atoms with Crippen LogP contribution in [0.25, 0.3) is 0 Å². The highest BCUT2D eigenvalue weighted by Gasteiger charge is 2.34. The highest BCUT2D eigenvalue weighted by atomic mass is 16.5. The van der Waals surface area contributed by atoms with E-state index >= 15 is 0 Å². The minimum Gasteiger partial charge on any atom is -0.396 e. The number of rotatable bonds is 10. The lowest BCUT2D eigenvalue weighted by Gasteiger charge is -2.34. The Bertz CT molecular complexity index is 428. The van der Waals surface area contributed by atoms with Crippen molar-refractivity contribution in [2.24, 2.45) is 22.2 Å². The van der Waals surface area contributed by atoms with Gasteiger partial charge in [-0.2, -0.15) is 0 Å². The molecule has 2 fully saturated rings. The van der Waals surface area contributed by atoms with Gasteiger partial charge in [-0.05, 0) is 57.4 Å². The van der Waals surface area contributed by atoms with Crippen molar-refractivity contribution < 1.29 is 9.84 Å². The van der Waals surface area contributed by atoms with Crippen LogP contribution >= 0.6 is 0 Å². The topological polar surface area (TPSA) is 69.1 Å². The second-order valence-electron chi connectivity index (χ2n) is 8.81. The van der Waals surface area contributed by atoms with Gasteiger partial charge in [-0.1, -0.05) is 13.8 Å². The zero-order valence-corrected chi connectivity index (χ0v) is 17.8. The number of nitrogens with one attached hydrogen (secondary N) is 2. The molecule has 0 saturated carbocycles. The molecule has 0 bridgehead atoms. The molecule has 0 aromatic carbocycles. The van der Waals surface area contributed by atoms with Gasteiger partial charge in [0.05, 0.1) is 13.2 Å². The van der Waals surface area contributed by atoms with E-state index in [4.69, 9.17) is 9.73 Å². The average molecular weight is 383 g/mol. The van der Waals surface area contributed by atoms with Crippen molar-refractivity contribution in [3.63, 3.8) is 0 Å². The standard InChI is InChI=1S/C21H42N4O2/c1-4-22-20(24-16-21(7-11-26)8-12-27-17-21)23-9-5-6-10-25-14-18(2)13-19(3)15-25/h18-19,26H,4-17H2,1-3H3,(H2,22,23,24). The lowest BCUT2D eigenvalue weighted by molar-refractivity contribution is 0.131. The SMILES string of the molecule is CCNC(=NCC1(CCO)CCOC1)NCCCCN1CC(C)CC(C)C1. The van der Waals surface area contributed by atoms with Crippen LogP contribution in [-0.2, 0) is 4.74 Å². The molecule has 0 amide bonds. The molecular formula is C21H42N4O2. The van der Waals surface area contributed by atoms with Crippen LogP contribution in [0.2, 0.25) is 0 Å². The third-order valence-electron chi connectivity index (χ3n) is 5.88. The van der Waals surface area contributed by atoms with Gasteiger partial charge in [-0.25, -0.2) is 0 Å². The largest absolute Gasteiger partial charge is 0.396 e. The smallest absolute Gasteiger partial charge is 0.191 e. The first-order valence-corrected chi connectivity index (χ1v) is 11.0. The van der Waals surface area contributed by atoms with Crippen LogP contribution in [0.15, 0.2) is 4.99 Å². The van der Waals surface area contributed by atoms with E-state index in [1.54, 1.807) is 0 Å². The Labute approximate surface area is 166 Å². The molecule has 2 heterocycles. The summed E-state index contributed by atoms with van der Waals surface area (Å²) in [4.78, 5) is 7.42. The van der Waals surface area contributed by atoms with Crippen molar-refractivity contribution in [3.8, 4) is 0 Å². The van der Waals surface area contributed by atoms with E-state index in [1.165, 1.54) is 32.5 Å². The molecule has 0 aromatic rings. The van der Waals surface area contributed by atoms with Gasteiger partial charge < -0.3 is 25.4 Å².